The molecule has 0 bridgehead atoms. The van der Waals surface area contributed by atoms with Crippen LogP contribution < -0.4 is 10.2 Å². The van der Waals surface area contributed by atoms with Crippen LogP contribution in [0.25, 0.3) is 0 Å². The number of hydrogen-bond donors (Lipinski definition) is 2. The molecule has 0 atom stereocenters. The van der Waals surface area contributed by atoms with E-state index in [0.29, 0.717) is 11.3 Å². The molecule has 0 aromatic heterocycles. The summed E-state index contributed by atoms with van der Waals surface area (Å²) >= 11 is 1.65. The summed E-state index contributed by atoms with van der Waals surface area (Å²) < 4.78 is 18.9. The van der Waals surface area contributed by atoms with Crippen molar-refractivity contribution in [3.05, 3.63) is 53.8 Å². The summed E-state index contributed by atoms with van der Waals surface area (Å²) in [6.07, 6.45) is 2.00. The van der Waals surface area contributed by atoms with E-state index in [1.165, 1.54) is 12.1 Å². The molecule has 3 nitrogen and oxygen atoms in total. The number of hydrogen-bond acceptors (Lipinski definition) is 4. The Morgan fingerprint density at radius 3 is 2.45 bits per heavy atom. The molecule has 0 saturated carbocycles. The minimum Gasteiger partial charge on any atom is -0.489 e. The molecule has 2 aromatic carbocycles. The molecule has 0 unspecified atom stereocenters. The van der Waals surface area contributed by atoms with Crippen LogP contribution in [-0.4, -0.2) is 23.4 Å². The molecule has 2 N–H and O–H groups in total. The lowest BCUT2D eigenvalue weighted by atomic mass is 9.79. The van der Waals surface area contributed by atoms with Crippen molar-refractivity contribution in [2.75, 3.05) is 6.26 Å². The van der Waals surface area contributed by atoms with Gasteiger partial charge in [0.25, 0.3) is 0 Å². The summed E-state index contributed by atoms with van der Waals surface area (Å²) in [6.45, 7) is 0.235. The van der Waals surface area contributed by atoms with E-state index in [9.17, 15) is 4.39 Å². The molecule has 0 aliphatic heterocycles. The second-order valence-corrected chi connectivity index (χ2v) is 5.07. The van der Waals surface area contributed by atoms with E-state index in [1.54, 1.807) is 17.8 Å². The monoisotopic (exact) mass is 292 g/mol. The first kappa shape index (κ1) is 14.9. The normalized spacial score (nSPS) is 10.4. The van der Waals surface area contributed by atoms with E-state index in [4.69, 9.17) is 14.8 Å². The maximum Gasteiger partial charge on any atom is 0.491 e. The Bertz CT molecular complexity index is 575. The minimum absolute atomic E-state index is 0.149. The molecule has 0 aliphatic carbocycles. The van der Waals surface area contributed by atoms with Crippen molar-refractivity contribution in [3.8, 4) is 5.75 Å². The van der Waals surface area contributed by atoms with Gasteiger partial charge in [-0.05, 0) is 42.2 Å². The minimum atomic E-state index is -1.82. The third-order valence-corrected chi connectivity index (χ3v) is 3.55. The molecule has 6 heteroatoms. The van der Waals surface area contributed by atoms with Gasteiger partial charge >= 0.3 is 7.12 Å². The average molecular weight is 292 g/mol. The lowest BCUT2D eigenvalue weighted by Gasteiger charge is -2.09. The second kappa shape index (κ2) is 6.79. The summed E-state index contributed by atoms with van der Waals surface area (Å²) in [5.41, 5.74) is 0.521. The number of rotatable bonds is 5. The van der Waals surface area contributed by atoms with Crippen LogP contribution in [0.2, 0.25) is 0 Å². The van der Waals surface area contributed by atoms with Crippen LogP contribution in [0.1, 0.15) is 5.56 Å². The third-order valence-electron chi connectivity index (χ3n) is 2.80. The first-order valence-corrected chi connectivity index (χ1v) is 7.24. The van der Waals surface area contributed by atoms with Gasteiger partial charge < -0.3 is 14.8 Å². The Hall–Kier alpha value is -1.50. The topological polar surface area (TPSA) is 49.7 Å². The van der Waals surface area contributed by atoms with Gasteiger partial charge in [0.1, 0.15) is 18.2 Å². The summed E-state index contributed by atoms with van der Waals surface area (Å²) in [7, 11) is -1.82. The van der Waals surface area contributed by atoms with Gasteiger partial charge in [-0.1, -0.05) is 12.1 Å². The van der Waals surface area contributed by atoms with E-state index >= 15 is 0 Å². The smallest absolute Gasteiger partial charge is 0.489 e. The van der Waals surface area contributed by atoms with Gasteiger partial charge in [0, 0.05) is 10.4 Å². The van der Waals surface area contributed by atoms with Crippen molar-refractivity contribution in [3.63, 3.8) is 0 Å². The standard InChI is InChI=1S/C14H14BFO3S/c1-20-12-5-3-11(4-6-12)19-9-10-2-7-14(16)13(8-10)15(17)18/h2-8,17-18H,9H2,1H3. The van der Waals surface area contributed by atoms with E-state index < -0.39 is 12.9 Å². The van der Waals surface area contributed by atoms with Crippen LogP contribution in [0.3, 0.4) is 0 Å². The molecule has 0 amide bonds. The van der Waals surface area contributed by atoms with Gasteiger partial charge in [0.15, 0.2) is 0 Å². The van der Waals surface area contributed by atoms with Gasteiger partial charge in [-0.25, -0.2) is 4.39 Å². The Kier molecular flexibility index (Phi) is 5.06. The average Bonchev–Trinajstić information content (AvgIpc) is 2.46. The Balaban J connectivity index is 2.04. The first-order chi connectivity index (χ1) is 9.60. The van der Waals surface area contributed by atoms with Gasteiger partial charge in [0.2, 0.25) is 0 Å². The zero-order chi connectivity index (χ0) is 14.5. The van der Waals surface area contributed by atoms with Crippen molar-refractivity contribution >= 4 is 24.3 Å². The van der Waals surface area contributed by atoms with Crippen molar-refractivity contribution < 1.29 is 19.2 Å². The fourth-order valence-corrected chi connectivity index (χ4v) is 2.13. The van der Waals surface area contributed by atoms with Crippen LogP contribution >= 0.6 is 11.8 Å². The molecule has 0 spiro atoms. The quantitative estimate of drug-likeness (QED) is 0.652. The maximum atomic E-state index is 13.3. The highest BCUT2D eigenvalue weighted by Gasteiger charge is 2.16. The zero-order valence-electron chi connectivity index (χ0n) is 10.9. The number of benzene rings is 2. The zero-order valence-corrected chi connectivity index (χ0v) is 11.7. The van der Waals surface area contributed by atoms with Gasteiger partial charge in [-0.15, -0.1) is 11.8 Å². The highest BCUT2D eigenvalue weighted by Crippen LogP contribution is 2.19. The molecule has 20 heavy (non-hydrogen) atoms. The molecule has 0 fully saturated rings. The van der Waals surface area contributed by atoms with Crippen LogP contribution in [0, 0.1) is 5.82 Å². The predicted molar refractivity (Wildman–Crippen MR) is 78.8 cm³/mol. The van der Waals surface area contributed by atoms with Gasteiger partial charge in [0.05, 0.1) is 0 Å². The van der Waals surface area contributed by atoms with Crippen LogP contribution in [-0.2, 0) is 6.61 Å². The fourth-order valence-electron chi connectivity index (χ4n) is 1.72. The fraction of sp³-hybridized carbons (Fsp3) is 0.143. The molecule has 2 rings (SSSR count). The Morgan fingerprint density at radius 2 is 1.85 bits per heavy atom. The molecule has 2 aromatic rings. The van der Waals surface area contributed by atoms with E-state index in [-0.39, 0.29) is 12.1 Å². The lowest BCUT2D eigenvalue weighted by Crippen LogP contribution is -2.33. The molecule has 0 heterocycles. The van der Waals surface area contributed by atoms with Crippen LogP contribution in [0.4, 0.5) is 4.39 Å². The Labute approximate surface area is 121 Å². The molecule has 0 radical (unpaired) electrons. The summed E-state index contributed by atoms with van der Waals surface area (Å²) in [4.78, 5) is 1.14. The summed E-state index contributed by atoms with van der Waals surface area (Å²) in [6, 6.07) is 11.8. The van der Waals surface area contributed by atoms with Crippen molar-refractivity contribution in [1.29, 1.82) is 0 Å². The van der Waals surface area contributed by atoms with Gasteiger partial charge in [-0.2, -0.15) is 0 Å². The summed E-state index contributed by atoms with van der Waals surface area (Å²) in [5, 5.41) is 18.1. The molecular formula is C14H14BFO3S. The third kappa shape index (κ3) is 3.76. The predicted octanol–water partition coefficient (Wildman–Crippen LogP) is 1.81. The SMILES string of the molecule is CSc1ccc(OCc2ccc(F)c(B(O)O)c2)cc1. The molecule has 0 aliphatic rings. The van der Waals surface area contributed by atoms with E-state index in [2.05, 4.69) is 0 Å². The second-order valence-electron chi connectivity index (χ2n) is 4.19. The van der Waals surface area contributed by atoms with Gasteiger partial charge in [-0.3, -0.25) is 0 Å². The Morgan fingerprint density at radius 1 is 1.15 bits per heavy atom. The first-order valence-electron chi connectivity index (χ1n) is 6.01. The van der Waals surface area contributed by atoms with Crippen molar-refractivity contribution in [2.24, 2.45) is 0 Å². The number of halogens is 1. The number of thioether (sulfide) groups is 1. The highest BCUT2D eigenvalue weighted by atomic mass is 32.2. The largest absolute Gasteiger partial charge is 0.491 e. The lowest BCUT2D eigenvalue weighted by molar-refractivity contribution is 0.306. The molecular weight excluding hydrogens is 278 g/mol. The summed E-state index contributed by atoms with van der Waals surface area (Å²) in [5.74, 6) is 0.0614. The molecule has 0 saturated heterocycles. The van der Waals surface area contributed by atoms with E-state index in [1.807, 2.05) is 30.5 Å². The number of ether oxygens (including phenoxy) is 1. The molecule has 104 valence electrons. The van der Waals surface area contributed by atoms with Crippen LogP contribution in [0.15, 0.2) is 47.4 Å². The van der Waals surface area contributed by atoms with Crippen molar-refractivity contribution in [2.45, 2.75) is 11.5 Å². The maximum absolute atomic E-state index is 13.3. The highest BCUT2D eigenvalue weighted by molar-refractivity contribution is 7.98. The van der Waals surface area contributed by atoms with Crippen molar-refractivity contribution in [1.82, 2.24) is 0 Å². The van der Waals surface area contributed by atoms with Crippen LogP contribution in [0.5, 0.6) is 5.75 Å². The van der Waals surface area contributed by atoms with E-state index in [0.717, 1.165) is 4.90 Å².